The van der Waals surface area contributed by atoms with Gasteiger partial charge in [-0.3, -0.25) is 4.21 Å². The molecule has 0 aromatic carbocycles. The fourth-order valence-corrected chi connectivity index (χ4v) is 5.51. The highest BCUT2D eigenvalue weighted by atomic mass is 32.2. The lowest BCUT2D eigenvalue weighted by Gasteiger charge is -2.23. The van der Waals surface area contributed by atoms with E-state index in [0.29, 0.717) is 43.9 Å². The number of nitrogens with zero attached hydrogens (tertiary/aromatic N) is 3. The van der Waals surface area contributed by atoms with Crippen molar-refractivity contribution < 1.29 is 22.9 Å². The molecule has 0 amide bonds. The first-order valence-electron chi connectivity index (χ1n) is 16.2. The van der Waals surface area contributed by atoms with Crippen LogP contribution in [0.3, 0.4) is 0 Å². The van der Waals surface area contributed by atoms with Crippen molar-refractivity contribution in [2.75, 3.05) is 65.6 Å². The summed E-state index contributed by atoms with van der Waals surface area (Å²) in [6, 6.07) is 2.05. The number of ether oxygens (including phenoxy) is 3. The minimum Gasteiger partial charge on any atom is -0.457 e. The van der Waals surface area contributed by atoms with Gasteiger partial charge in [0.05, 0.1) is 46.7 Å². The average Bonchev–Trinajstić information content (AvgIpc) is 2.92. The molecule has 8 heteroatoms. The van der Waals surface area contributed by atoms with E-state index in [1.165, 1.54) is 96.3 Å². The van der Waals surface area contributed by atoms with E-state index in [-0.39, 0.29) is 6.10 Å². The second-order valence-corrected chi connectivity index (χ2v) is 13.7. The molecule has 0 N–H and O–H groups in total. The van der Waals surface area contributed by atoms with Gasteiger partial charge in [-0.1, -0.05) is 103 Å². The van der Waals surface area contributed by atoms with Crippen LogP contribution in [0.4, 0.5) is 0 Å². The summed E-state index contributed by atoms with van der Waals surface area (Å²) in [5.41, 5.74) is 0. The molecule has 2 unspecified atom stereocenters. The van der Waals surface area contributed by atoms with Crippen LogP contribution in [0, 0.1) is 0 Å². The number of likely N-dealkylation sites (N-methyl/N-ethyl adjacent to an activating group) is 1. The van der Waals surface area contributed by atoms with Crippen molar-refractivity contribution in [2.24, 2.45) is 0 Å². The second kappa shape index (κ2) is 25.6. The number of hydrogen-bond donors (Lipinski definition) is 0. The lowest BCUT2D eigenvalue weighted by molar-refractivity contribution is -0.870. The highest BCUT2D eigenvalue weighted by Gasteiger charge is 2.17. The van der Waals surface area contributed by atoms with Gasteiger partial charge in [-0.2, -0.15) is 0 Å². The molecule has 40 heavy (non-hydrogen) atoms. The van der Waals surface area contributed by atoms with Crippen LogP contribution in [0.1, 0.15) is 110 Å². The number of rotatable bonds is 29. The third kappa shape index (κ3) is 24.7. The molecule has 7 nitrogen and oxygen atoms in total. The molecule has 0 aliphatic heterocycles. The minimum atomic E-state index is -1.06. The Morgan fingerprint density at radius 1 is 0.725 bits per heavy atom. The summed E-state index contributed by atoms with van der Waals surface area (Å²) in [4.78, 5) is 8.30. The van der Waals surface area contributed by atoms with E-state index in [1.807, 2.05) is 0 Å². The van der Waals surface area contributed by atoms with Crippen LogP contribution in [0.2, 0.25) is 0 Å². The molecule has 234 valence electrons. The van der Waals surface area contributed by atoms with Gasteiger partial charge >= 0.3 is 6.01 Å². The van der Waals surface area contributed by atoms with Gasteiger partial charge in [0.25, 0.3) is 0 Å². The monoisotopic (exact) mass is 584 g/mol. The normalized spacial score (nSPS) is 13.4. The second-order valence-electron chi connectivity index (χ2n) is 12.1. The fourth-order valence-electron chi connectivity index (χ4n) is 4.46. The van der Waals surface area contributed by atoms with Gasteiger partial charge in [0.15, 0.2) is 0 Å². The fraction of sp³-hybridized carbons (Fsp3) is 0.875. The van der Waals surface area contributed by atoms with Crippen molar-refractivity contribution in [3.8, 4) is 6.01 Å². The molecule has 0 radical (unpaired) electrons. The Labute approximate surface area is 249 Å². The van der Waals surface area contributed by atoms with E-state index in [2.05, 4.69) is 38.0 Å². The van der Waals surface area contributed by atoms with Crippen LogP contribution < -0.4 is 4.74 Å². The summed E-state index contributed by atoms with van der Waals surface area (Å²) in [5.74, 6) is 0.877. The van der Waals surface area contributed by atoms with E-state index >= 15 is 0 Å². The largest absolute Gasteiger partial charge is 0.457 e. The highest BCUT2D eigenvalue weighted by molar-refractivity contribution is 7.85. The van der Waals surface area contributed by atoms with E-state index < -0.39 is 10.8 Å². The smallest absolute Gasteiger partial charge is 0.316 e. The van der Waals surface area contributed by atoms with Crippen LogP contribution in [0.25, 0.3) is 0 Å². The minimum absolute atomic E-state index is 0.301. The molecule has 0 spiro atoms. The molecule has 0 saturated carbocycles. The molecular formula is C32H62N3O4S+. The summed E-state index contributed by atoms with van der Waals surface area (Å²) in [5, 5.41) is 0. The maximum absolute atomic E-state index is 12.6. The lowest BCUT2D eigenvalue weighted by atomic mass is 10.0. The predicted octanol–water partition coefficient (Wildman–Crippen LogP) is 6.97. The van der Waals surface area contributed by atoms with Crippen molar-refractivity contribution in [1.82, 2.24) is 9.97 Å². The predicted molar refractivity (Wildman–Crippen MR) is 168 cm³/mol. The van der Waals surface area contributed by atoms with Crippen LogP contribution in [-0.4, -0.2) is 90.4 Å². The third-order valence-corrected chi connectivity index (χ3v) is 8.36. The van der Waals surface area contributed by atoms with E-state index in [9.17, 15) is 4.21 Å². The first kappa shape index (κ1) is 36.9. The van der Waals surface area contributed by atoms with Crippen LogP contribution >= 0.6 is 0 Å². The Morgan fingerprint density at radius 2 is 1.25 bits per heavy atom. The van der Waals surface area contributed by atoms with Gasteiger partial charge in [0, 0.05) is 35.6 Å². The summed E-state index contributed by atoms with van der Waals surface area (Å²) >= 11 is 0. The summed E-state index contributed by atoms with van der Waals surface area (Å²) in [7, 11) is 5.34. The SMILES string of the molecule is CCCCCCCCCCCCCCCCCCOCC(CS(=O)CCOCC[N+](C)(C)C)Oc1ncccn1. The van der Waals surface area contributed by atoms with Gasteiger partial charge in [-0.05, 0) is 12.5 Å². The Kier molecular flexibility index (Phi) is 23.6. The van der Waals surface area contributed by atoms with Gasteiger partial charge in [-0.15, -0.1) is 0 Å². The van der Waals surface area contributed by atoms with Crippen LogP contribution in [0.5, 0.6) is 6.01 Å². The van der Waals surface area contributed by atoms with E-state index in [4.69, 9.17) is 14.2 Å². The topological polar surface area (TPSA) is 70.5 Å². The van der Waals surface area contributed by atoms with Crippen molar-refractivity contribution in [3.05, 3.63) is 18.5 Å². The van der Waals surface area contributed by atoms with E-state index in [0.717, 1.165) is 17.4 Å². The zero-order valence-electron chi connectivity index (χ0n) is 26.5. The molecule has 0 aliphatic rings. The quantitative estimate of drug-likeness (QED) is 0.0748. The average molecular weight is 585 g/mol. The van der Waals surface area contributed by atoms with Gasteiger partial charge in [0.1, 0.15) is 12.6 Å². The van der Waals surface area contributed by atoms with Crippen molar-refractivity contribution in [1.29, 1.82) is 0 Å². The first-order chi connectivity index (χ1) is 19.4. The Balaban J connectivity index is 2.07. The number of quaternary nitrogens is 1. The summed E-state index contributed by atoms with van der Waals surface area (Å²) in [6.07, 6.45) is 24.7. The highest BCUT2D eigenvalue weighted by Crippen LogP contribution is 2.14. The summed E-state index contributed by atoms with van der Waals surface area (Å²) < 4.78 is 31.0. The van der Waals surface area contributed by atoms with Gasteiger partial charge in [0.2, 0.25) is 0 Å². The lowest BCUT2D eigenvalue weighted by Crippen LogP contribution is -2.37. The third-order valence-electron chi connectivity index (χ3n) is 6.99. The van der Waals surface area contributed by atoms with Crippen molar-refractivity contribution >= 4 is 10.8 Å². The molecule has 0 saturated heterocycles. The van der Waals surface area contributed by atoms with Gasteiger partial charge < -0.3 is 18.7 Å². The maximum Gasteiger partial charge on any atom is 0.316 e. The zero-order valence-corrected chi connectivity index (χ0v) is 27.3. The van der Waals surface area contributed by atoms with Crippen molar-refractivity contribution in [3.63, 3.8) is 0 Å². The summed E-state index contributed by atoms with van der Waals surface area (Å²) in [6.45, 7) is 5.46. The van der Waals surface area contributed by atoms with Crippen LogP contribution in [0.15, 0.2) is 18.5 Å². The van der Waals surface area contributed by atoms with Crippen molar-refractivity contribution in [2.45, 2.75) is 116 Å². The molecule has 0 aliphatic carbocycles. The molecule has 1 aromatic heterocycles. The van der Waals surface area contributed by atoms with Gasteiger partial charge in [-0.25, -0.2) is 9.97 Å². The molecular weight excluding hydrogens is 522 g/mol. The van der Waals surface area contributed by atoms with Crippen LogP contribution in [-0.2, 0) is 20.3 Å². The molecule has 0 bridgehead atoms. The molecule has 1 rings (SSSR count). The molecule has 2 atom stereocenters. The maximum atomic E-state index is 12.6. The number of unbranched alkanes of at least 4 members (excludes halogenated alkanes) is 15. The number of hydrogen-bond acceptors (Lipinski definition) is 6. The number of aromatic nitrogens is 2. The zero-order chi connectivity index (χ0) is 29.2. The molecule has 1 heterocycles. The Bertz CT molecular complexity index is 703. The Morgan fingerprint density at radius 3 is 1.77 bits per heavy atom. The molecule has 0 fully saturated rings. The van der Waals surface area contributed by atoms with E-state index in [1.54, 1.807) is 18.5 Å². The molecule has 1 aromatic rings. The standard InChI is InChI=1S/C32H62N3O4S/c1-5-6-7-8-9-10-11-12-13-14-15-16-17-18-19-20-25-38-29-31(39-32-33-22-21-23-34-32)30-40(36)28-27-37-26-24-35(2,3)4/h21-23,31H,5-20,24-30H2,1-4H3/q+1. The Hall–Kier alpha value is -1.09. The first-order valence-corrected chi connectivity index (χ1v) is 17.6.